The number of halogens is 3. The van der Waals surface area contributed by atoms with Gasteiger partial charge < -0.3 is 15.4 Å². The van der Waals surface area contributed by atoms with Crippen molar-refractivity contribution in [2.45, 2.75) is 39.2 Å². The molecule has 2 unspecified atom stereocenters. The molecule has 1 fully saturated rings. The lowest BCUT2D eigenvalue weighted by Gasteiger charge is -2.13. The summed E-state index contributed by atoms with van der Waals surface area (Å²) in [6.45, 7) is 4.87. The third-order valence-corrected chi connectivity index (χ3v) is 3.38. The van der Waals surface area contributed by atoms with Crippen LogP contribution >= 0.6 is 0 Å². The molecule has 0 heterocycles. The van der Waals surface area contributed by atoms with E-state index >= 15 is 0 Å². The lowest BCUT2D eigenvalue weighted by atomic mass is 10.2. The molecule has 122 valence electrons. The van der Waals surface area contributed by atoms with Crippen LogP contribution in [0.2, 0.25) is 0 Å². The van der Waals surface area contributed by atoms with Gasteiger partial charge in [0, 0.05) is 18.2 Å². The fourth-order valence-electron chi connectivity index (χ4n) is 2.04. The fraction of sp³-hybridized carbons (Fsp3) is 0.533. The average molecular weight is 315 g/mol. The van der Waals surface area contributed by atoms with Crippen LogP contribution in [0.1, 0.15) is 25.8 Å². The average Bonchev–Trinajstić information content (AvgIpc) is 3.11. The van der Waals surface area contributed by atoms with Gasteiger partial charge in [-0.2, -0.15) is 0 Å². The summed E-state index contributed by atoms with van der Waals surface area (Å²) in [5.74, 6) is 0.998. The van der Waals surface area contributed by atoms with Gasteiger partial charge in [-0.15, -0.1) is 13.2 Å². The molecule has 4 nitrogen and oxygen atoms in total. The molecule has 1 saturated carbocycles. The zero-order chi connectivity index (χ0) is 16.2. The Hall–Kier alpha value is -1.92. The zero-order valence-electron chi connectivity index (χ0n) is 12.6. The normalized spacial score (nSPS) is 21.4. The molecule has 22 heavy (non-hydrogen) atoms. The monoisotopic (exact) mass is 315 g/mol. The SMILES string of the molecule is CCNC(=NCc1ccccc1OC(F)(F)F)NC1CC1C. The second-order valence-electron chi connectivity index (χ2n) is 5.31. The number of nitrogens with zero attached hydrogens (tertiary/aromatic N) is 1. The summed E-state index contributed by atoms with van der Waals surface area (Å²) in [7, 11) is 0. The van der Waals surface area contributed by atoms with Crippen molar-refractivity contribution >= 4 is 5.96 Å². The number of benzene rings is 1. The van der Waals surface area contributed by atoms with Crippen molar-refractivity contribution < 1.29 is 17.9 Å². The van der Waals surface area contributed by atoms with E-state index in [-0.39, 0.29) is 12.3 Å². The Bertz CT molecular complexity index is 531. The molecule has 2 atom stereocenters. The minimum absolute atomic E-state index is 0.114. The number of ether oxygens (including phenoxy) is 1. The Morgan fingerprint density at radius 1 is 1.36 bits per heavy atom. The fourth-order valence-corrected chi connectivity index (χ4v) is 2.04. The number of hydrogen-bond acceptors (Lipinski definition) is 2. The number of hydrogen-bond donors (Lipinski definition) is 2. The molecular weight excluding hydrogens is 295 g/mol. The maximum Gasteiger partial charge on any atom is 0.573 e. The van der Waals surface area contributed by atoms with Crippen LogP contribution in [0.4, 0.5) is 13.2 Å². The maximum absolute atomic E-state index is 12.4. The standard InChI is InChI=1S/C15H20F3N3O/c1-3-19-14(21-12-8-10(12)2)20-9-11-6-4-5-7-13(11)22-15(16,17)18/h4-7,10,12H,3,8-9H2,1-2H3,(H2,19,20,21). The number of rotatable bonds is 5. The van der Waals surface area contributed by atoms with Crippen molar-refractivity contribution in [3.63, 3.8) is 0 Å². The Labute approximate surface area is 127 Å². The Balaban J connectivity index is 2.05. The summed E-state index contributed by atoms with van der Waals surface area (Å²) in [4.78, 5) is 4.34. The predicted molar refractivity (Wildman–Crippen MR) is 78.6 cm³/mol. The molecule has 0 aromatic heterocycles. The first-order valence-corrected chi connectivity index (χ1v) is 7.27. The number of guanidine groups is 1. The van der Waals surface area contributed by atoms with Crippen LogP contribution < -0.4 is 15.4 Å². The molecule has 7 heteroatoms. The van der Waals surface area contributed by atoms with Crippen LogP contribution in [0.5, 0.6) is 5.75 Å². The van der Waals surface area contributed by atoms with Crippen LogP contribution in [0.15, 0.2) is 29.3 Å². The van der Waals surface area contributed by atoms with E-state index in [4.69, 9.17) is 0 Å². The third kappa shape index (κ3) is 5.13. The van der Waals surface area contributed by atoms with Crippen molar-refractivity contribution in [2.24, 2.45) is 10.9 Å². The number of nitrogens with one attached hydrogen (secondary N) is 2. The minimum Gasteiger partial charge on any atom is -0.405 e. The van der Waals surface area contributed by atoms with Gasteiger partial charge in [0.15, 0.2) is 5.96 Å². The molecule has 0 spiro atoms. The van der Waals surface area contributed by atoms with Crippen molar-refractivity contribution in [3.8, 4) is 5.75 Å². The van der Waals surface area contributed by atoms with E-state index in [1.54, 1.807) is 12.1 Å². The summed E-state index contributed by atoms with van der Waals surface area (Å²) in [6, 6.07) is 6.43. The van der Waals surface area contributed by atoms with Gasteiger partial charge in [-0.3, -0.25) is 0 Å². The lowest BCUT2D eigenvalue weighted by molar-refractivity contribution is -0.274. The van der Waals surface area contributed by atoms with Crippen molar-refractivity contribution in [1.82, 2.24) is 10.6 Å². The largest absolute Gasteiger partial charge is 0.573 e. The Morgan fingerprint density at radius 2 is 2.05 bits per heavy atom. The van der Waals surface area contributed by atoms with Crippen LogP contribution in [0, 0.1) is 5.92 Å². The van der Waals surface area contributed by atoms with Crippen molar-refractivity contribution in [2.75, 3.05) is 6.54 Å². The quantitative estimate of drug-likeness (QED) is 0.648. The Kier molecular flexibility index (Phi) is 5.15. The van der Waals surface area contributed by atoms with E-state index in [1.807, 2.05) is 6.92 Å². The van der Waals surface area contributed by atoms with E-state index in [0.29, 0.717) is 30.0 Å². The molecule has 1 aliphatic rings. The maximum atomic E-state index is 12.4. The van der Waals surface area contributed by atoms with Crippen LogP contribution in [-0.4, -0.2) is 24.9 Å². The van der Waals surface area contributed by atoms with E-state index in [2.05, 4.69) is 27.3 Å². The van der Waals surface area contributed by atoms with Gasteiger partial charge in [0.05, 0.1) is 6.54 Å². The highest BCUT2D eigenvalue weighted by Crippen LogP contribution is 2.29. The molecule has 2 rings (SSSR count). The molecule has 1 aromatic carbocycles. The Morgan fingerprint density at radius 3 is 2.64 bits per heavy atom. The van der Waals surface area contributed by atoms with Gasteiger partial charge in [0.2, 0.25) is 0 Å². The highest BCUT2D eigenvalue weighted by molar-refractivity contribution is 5.80. The molecular formula is C15H20F3N3O. The van der Waals surface area contributed by atoms with Gasteiger partial charge in [-0.1, -0.05) is 25.1 Å². The summed E-state index contributed by atoms with van der Waals surface area (Å²) in [6.07, 6.45) is -3.62. The second kappa shape index (κ2) is 6.89. The topological polar surface area (TPSA) is 45.7 Å². The van der Waals surface area contributed by atoms with Crippen LogP contribution in [0.25, 0.3) is 0 Å². The first-order valence-electron chi connectivity index (χ1n) is 7.27. The first kappa shape index (κ1) is 16.5. The predicted octanol–water partition coefficient (Wildman–Crippen LogP) is 3.05. The smallest absolute Gasteiger partial charge is 0.405 e. The van der Waals surface area contributed by atoms with E-state index < -0.39 is 6.36 Å². The molecule has 2 N–H and O–H groups in total. The van der Waals surface area contributed by atoms with Crippen molar-refractivity contribution in [1.29, 1.82) is 0 Å². The highest BCUT2D eigenvalue weighted by atomic mass is 19.4. The summed E-state index contributed by atoms with van der Waals surface area (Å²) in [5.41, 5.74) is 0.390. The lowest BCUT2D eigenvalue weighted by Crippen LogP contribution is -2.39. The van der Waals surface area contributed by atoms with E-state index in [0.717, 1.165) is 6.42 Å². The second-order valence-corrected chi connectivity index (χ2v) is 5.31. The van der Waals surface area contributed by atoms with Crippen LogP contribution in [-0.2, 0) is 6.54 Å². The van der Waals surface area contributed by atoms with Crippen molar-refractivity contribution in [3.05, 3.63) is 29.8 Å². The third-order valence-electron chi connectivity index (χ3n) is 3.38. The van der Waals surface area contributed by atoms with E-state index in [9.17, 15) is 13.2 Å². The minimum atomic E-state index is -4.70. The first-order chi connectivity index (χ1) is 10.4. The number of aliphatic imine (C=N–C) groups is 1. The molecule has 1 aliphatic carbocycles. The molecule has 0 radical (unpaired) electrons. The highest BCUT2D eigenvalue weighted by Gasteiger charge is 2.33. The molecule has 1 aromatic rings. The number of para-hydroxylation sites is 1. The van der Waals surface area contributed by atoms with Gasteiger partial charge >= 0.3 is 6.36 Å². The summed E-state index contributed by atoms with van der Waals surface area (Å²) < 4.78 is 41.2. The molecule has 0 aliphatic heterocycles. The van der Waals surface area contributed by atoms with Gasteiger partial charge in [0.1, 0.15) is 5.75 Å². The van der Waals surface area contributed by atoms with Gasteiger partial charge in [0.25, 0.3) is 0 Å². The van der Waals surface area contributed by atoms with Crippen LogP contribution in [0.3, 0.4) is 0 Å². The summed E-state index contributed by atoms with van der Waals surface area (Å²) in [5, 5.41) is 6.34. The number of alkyl halides is 3. The molecule has 0 saturated heterocycles. The summed E-state index contributed by atoms with van der Waals surface area (Å²) >= 11 is 0. The van der Waals surface area contributed by atoms with Gasteiger partial charge in [-0.25, -0.2) is 4.99 Å². The van der Waals surface area contributed by atoms with Gasteiger partial charge in [-0.05, 0) is 25.3 Å². The zero-order valence-corrected chi connectivity index (χ0v) is 12.6. The molecule has 0 bridgehead atoms. The molecule has 0 amide bonds. The van der Waals surface area contributed by atoms with E-state index in [1.165, 1.54) is 12.1 Å².